The molecular weight excluding hydrogens is 773 g/mol. The van der Waals surface area contributed by atoms with Crippen molar-refractivity contribution in [2.24, 2.45) is 0 Å². The number of alkyl halides is 7. The molecule has 0 saturated heterocycles. The molecule has 0 radical (unpaired) electrons. The number of phenolic OH excluding ortho intramolecular Hbond substituents is 1. The first-order valence-electron chi connectivity index (χ1n) is 15.3. The normalized spacial score (nSPS) is 13.4. The quantitative estimate of drug-likeness (QED) is 0.0846. The van der Waals surface area contributed by atoms with Gasteiger partial charge in [0.2, 0.25) is 0 Å². The molecule has 0 saturated carbocycles. The van der Waals surface area contributed by atoms with Gasteiger partial charge in [0.05, 0.1) is 40.0 Å². The molecule has 0 atom stereocenters. The fraction of sp³-hybridized carbons (Fsp3) is 0.222. The van der Waals surface area contributed by atoms with Gasteiger partial charge in [0.25, 0.3) is 23.6 Å². The molecule has 0 aromatic heterocycles. The molecule has 0 spiro atoms. The summed E-state index contributed by atoms with van der Waals surface area (Å²) in [4.78, 5) is 50.4. The van der Waals surface area contributed by atoms with Crippen LogP contribution >= 0.6 is 15.9 Å². The maximum absolute atomic E-state index is 12.5. The van der Waals surface area contributed by atoms with Crippen LogP contribution < -0.4 is 34.3 Å². The van der Waals surface area contributed by atoms with Crippen LogP contribution in [-0.2, 0) is 12.4 Å². The summed E-state index contributed by atoms with van der Waals surface area (Å²) in [5.41, 5.74) is 0.322. The fourth-order valence-electron chi connectivity index (χ4n) is 4.91. The number of hydrogen-bond acceptors (Lipinski definition) is 6. The minimum atomic E-state index is -4.38. The van der Waals surface area contributed by atoms with Gasteiger partial charge in [-0.25, -0.2) is 0 Å². The summed E-state index contributed by atoms with van der Waals surface area (Å²) >= 11 is 3.28. The van der Waals surface area contributed by atoms with Crippen molar-refractivity contribution in [1.29, 1.82) is 0 Å². The molecule has 6 rings (SSSR count). The monoisotopic (exact) mass is 802 g/mol. The molecule has 52 heavy (non-hydrogen) atoms. The molecule has 8 nitrogen and oxygen atoms in total. The second-order valence-corrected chi connectivity index (χ2v) is 11.7. The number of fused-ring (bicyclic) bond motifs is 2. The second kappa shape index (κ2) is 18.5. The molecule has 2 aliphatic heterocycles. The number of imide groups is 2. The topological polar surface area (TPSA) is 104 Å². The number of phenols is 1. The molecule has 0 unspecified atom stereocenters. The second-order valence-electron chi connectivity index (χ2n) is 10.9. The van der Waals surface area contributed by atoms with Gasteiger partial charge in [0, 0.05) is 18.4 Å². The van der Waals surface area contributed by atoms with Crippen LogP contribution in [0.2, 0.25) is 0 Å². The van der Waals surface area contributed by atoms with Gasteiger partial charge < -0.3 is 11.3 Å². The van der Waals surface area contributed by atoms with Crippen molar-refractivity contribution in [2.45, 2.75) is 25.2 Å². The van der Waals surface area contributed by atoms with E-state index in [-0.39, 0.29) is 73.5 Å². The first-order valence-corrected chi connectivity index (χ1v) is 16.4. The SMILES string of the molecule is O=C1c2ccccc2C(=O)N1CCCBr.O=C1c2ccccc2C(=O)N1CCCOc1ccc(C(F)(F)F)cc1.Oc1ccc(C(F)(F)F)cc1.[H-].[Na+]. The number of carbonyl (C=O) groups excluding carboxylic acids is 4. The Hall–Kier alpha value is -4.18. The number of halogens is 7. The summed E-state index contributed by atoms with van der Waals surface area (Å²) in [5.74, 6) is -0.883. The molecule has 4 aromatic rings. The number of aromatic hydroxyl groups is 1. The summed E-state index contributed by atoms with van der Waals surface area (Å²) in [6.45, 7) is 0.851. The van der Waals surface area contributed by atoms with E-state index in [4.69, 9.17) is 9.84 Å². The van der Waals surface area contributed by atoms with E-state index < -0.39 is 23.5 Å². The molecule has 16 heteroatoms. The van der Waals surface area contributed by atoms with Crippen molar-refractivity contribution in [3.05, 3.63) is 130 Å². The molecule has 1 N–H and O–H groups in total. The van der Waals surface area contributed by atoms with Gasteiger partial charge in [-0.1, -0.05) is 40.2 Å². The Kier molecular flexibility index (Phi) is 15.1. The van der Waals surface area contributed by atoms with Crippen molar-refractivity contribution in [3.63, 3.8) is 0 Å². The summed E-state index contributed by atoms with van der Waals surface area (Å²) in [6.07, 6.45) is -7.55. The summed E-state index contributed by atoms with van der Waals surface area (Å²) in [6, 6.07) is 21.6. The number of hydrogen-bond donors (Lipinski definition) is 1. The largest absolute Gasteiger partial charge is 1.00 e. The molecule has 0 bridgehead atoms. The van der Waals surface area contributed by atoms with E-state index in [1.807, 2.05) is 0 Å². The zero-order valence-electron chi connectivity index (χ0n) is 28.5. The van der Waals surface area contributed by atoms with E-state index in [1.54, 1.807) is 48.5 Å². The van der Waals surface area contributed by atoms with E-state index in [0.717, 1.165) is 53.0 Å². The Morgan fingerprint density at radius 2 is 0.923 bits per heavy atom. The van der Waals surface area contributed by atoms with Crippen LogP contribution in [0.3, 0.4) is 0 Å². The minimum Gasteiger partial charge on any atom is -1.00 e. The van der Waals surface area contributed by atoms with Crippen molar-refractivity contribution in [2.75, 3.05) is 25.0 Å². The van der Waals surface area contributed by atoms with E-state index >= 15 is 0 Å². The molecule has 4 aromatic carbocycles. The van der Waals surface area contributed by atoms with Gasteiger partial charge in [-0.15, -0.1) is 0 Å². The van der Waals surface area contributed by atoms with Crippen molar-refractivity contribution in [1.82, 2.24) is 9.80 Å². The third-order valence-corrected chi connectivity index (χ3v) is 8.00. The van der Waals surface area contributed by atoms with Crippen LogP contribution in [0.15, 0.2) is 97.1 Å². The first-order chi connectivity index (χ1) is 24.1. The Labute approximate surface area is 326 Å². The Morgan fingerprint density at radius 1 is 0.577 bits per heavy atom. The Balaban J connectivity index is 0.000000297. The number of carbonyl (C=O) groups is 4. The van der Waals surface area contributed by atoms with E-state index in [0.29, 0.717) is 41.0 Å². The van der Waals surface area contributed by atoms with Crippen LogP contribution in [0.1, 0.15) is 66.8 Å². The van der Waals surface area contributed by atoms with E-state index in [1.165, 1.54) is 17.0 Å². The maximum atomic E-state index is 12.5. The standard InChI is InChI=1S/C18H14F3NO3.C11H10BrNO2.C7H5F3O.Na.H/c19-18(20,21)12-6-8-13(9-7-12)25-11-3-10-22-16(23)14-4-1-2-5-15(14)17(22)24;12-6-3-7-13-10(14)8-4-1-2-5-9(8)11(13)15;8-7(9,10)5-1-3-6(11)4-2-5;;/h1-2,4-9H,3,10-11H2;1-2,4-5H,3,6-7H2;1-4,11H;;/q;;;+1;-1. The molecule has 2 heterocycles. The van der Waals surface area contributed by atoms with Crippen LogP contribution in [0.5, 0.6) is 11.5 Å². The molecule has 0 fully saturated rings. The molecule has 4 amide bonds. The summed E-state index contributed by atoms with van der Waals surface area (Å²) in [7, 11) is 0. The van der Waals surface area contributed by atoms with Crippen molar-refractivity contribution >= 4 is 39.6 Å². The Bertz CT molecular complexity index is 1810. The predicted molar refractivity (Wildman–Crippen MR) is 178 cm³/mol. The van der Waals surface area contributed by atoms with Gasteiger partial charge in [0.1, 0.15) is 11.5 Å². The van der Waals surface area contributed by atoms with Crippen LogP contribution in [0.4, 0.5) is 26.3 Å². The fourth-order valence-corrected chi connectivity index (χ4v) is 5.16. The number of ether oxygens (including phenoxy) is 1. The van der Waals surface area contributed by atoms with Gasteiger partial charge in [0.15, 0.2) is 0 Å². The van der Waals surface area contributed by atoms with Gasteiger partial charge in [-0.05, 0) is 85.6 Å². The van der Waals surface area contributed by atoms with Crippen molar-refractivity contribution < 1.29 is 86.3 Å². The predicted octanol–water partition coefficient (Wildman–Crippen LogP) is 5.37. The Morgan fingerprint density at radius 3 is 1.27 bits per heavy atom. The van der Waals surface area contributed by atoms with Gasteiger partial charge >= 0.3 is 41.9 Å². The van der Waals surface area contributed by atoms with Gasteiger partial charge in [-0.3, -0.25) is 29.0 Å². The molecule has 2 aliphatic rings. The van der Waals surface area contributed by atoms with Crippen molar-refractivity contribution in [3.8, 4) is 11.5 Å². The summed E-state index contributed by atoms with van der Waals surface area (Å²) in [5, 5.41) is 9.45. The number of amides is 4. The third-order valence-electron chi connectivity index (χ3n) is 7.44. The van der Waals surface area contributed by atoms with Crippen LogP contribution in [-0.4, -0.2) is 63.6 Å². The maximum Gasteiger partial charge on any atom is 1.00 e. The zero-order valence-corrected chi connectivity index (χ0v) is 31.1. The number of nitrogens with zero attached hydrogens (tertiary/aromatic N) is 2. The van der Waals surface area contributed by atoms with Gasteiger partial charge in [-0.2, -0.15) is 26.3 Å². The molecular formula is C36H30BrF6N2NaO6. The zero-order chi connectivity index (χ0) is 37.3. The van der Waals surface area contributed by atoms with Crippen LogP contribution in [0.25, 0.3) is 0 Å². The molecule has 0 aliphatic carbocycles. The van der Waals surface area contributed by atoms with E-state index in [9.17, 15) is 45.5 Å². The van der Waals surface area contributed by atoms with E-state index in [2.05, 4.69) is 15.9 Å². The average Bonchev–Trinajstić information content (AvgIpc) is 3.49. The smallest absolute Gasteiger partial charge is 1.00 e. The summed E-state index contributed by atoms with van der Waals surface area (Å²) < 4.78 is 78.3. The number of rotatable bonds is 8. The average molecular weight is 804 g/mol. The molecule has 270 valence electrons. The third kappa shape index (κ3) is 10.7. The first kappa shape index (κ1) is 42.2. The van der Waals surface area contributed by atoms with Crippen LogP contribution in [0, 0.1) is 0 Å². The minimum absolute atomic E-state index is 0. The number of benzene rings is 4.